The zero-order valence-corrected chi connectivity index (χ0v) is 10.5. The molecule has 16 heavy (non-hydrogen) atoms. The first-order chi connectivity index (χ1) is 7.50. The van der Waals surface area contributed by atoms with Gasteiger partial charge in [0.05, 0.1) is 12.7 Å². The summed E-state index contributed by atoms with van der Waals surface area (Å²) in [6.45, 7) is 4.94. The minimum absolute atomic E-state index is 0.167. The third-order valence-corrected chi connectivity index (χ3v) is 2.59. The van der Waals surface area contributed by atoms with Crippen molar-refractivity contribution in [2.24, 2.45) is 0 Å². The van der Waals surface area contributed by atoms with E-state index in [4.69, 9.17) is 10.5 Å². The third-order valence-electron chi connectivity index (χ3n) is 1.85. The van der Waals surface area contributed by atoms with Crippen LogP contribution in [0, 0.1) is 0 Å². The van der Waals surface area contributed by atoms with Gasteiger partial charge in [0, 0.05) is 13.6 Å². The van der Waals surface area contributed by atoms with Gasteiger partial charge < -0.3 is 15.4 Å². The number of nitrogens with zero attached hydrogens (tertiary/aromatic N) is 3. The normalized spacial score (nSPS) is 10.8. The largest absolute Gasteiger partial charge is 0.377 e. The van der Waals surface area contributed by atoms with Gasteiger partial charge in [0.1, 0.15) is 0 Å². The summed E-state index contributed by atoms with van der Waals surface area (Å²) < 4.78 is 5.35. The van der Waals surface area contributed by atoms with Crippen LogP contribution in [0.25, 0.3) is 0 Å². The first-order valence-electron chi connectivity index (χ1n) is 4.96. The van der Waals surface area contributed by atoms with Crippen LogP contribution >= 0.6 is 11.3 Å². The van der Waals surface area contributed by atoms with E-state index in [0.29, 0.717) is 23.3 Å². The zero-order chi connectivity index (χ0) is 12.1. The van der Waals surface area contributed by atoms with E-state index in [1.165, 1.54) is 0 Å². The molecule has 0 bridgehead atoms. The SMILES string of the molecule is CC(C)OCCN(C)C(=O)c1nnc(N)s1. The second kappa shape index (κ2) is 5.76. The van der Waals surface area contributed by atoms with Crippen LogP contribution in [0.5, 0.6) is 0 Å². The molecule has 1 rings (SSSR count). The number of amides is 1. The minimum Gasteiger partial charge on any atom is -0.377 e. The highest BCUT2D eigenvalue weighted by atomic mass is 32.1. The summed E-state index contributed by atoms with van der Waals surface area (Å²) in [5.74, 6) is -0.179. The van der Waals surface area contributed by atoms with Crippen molar-refractivity contribution in [1.82, 2.24) is 15.1 Å². The lowest BCUT2D eigenvalue weighted by molar-refractivity contribution is 0.0531. The second-order valence-electron chi connectivity index (χ2n) is 3.59. The molecule has 0 atom stereocenters. The quantitative estimate of drug-likeness (QED) is 0.821. The molecule has 1 aromatic heterocycles. The molecule has 0 radical (unpaired) electrons. The first-order valence-corrected chi connectivity index (χ1v) is 5.78. The van der Waals surface area contributed by atoms with Gasteiger partial charge in [-0.2, -0.15) is 0 Å². The highest BCUT2D eigenvalue weighted by molar-refractivity contribution is 7.16. The Hall–Kier alpha value is -1.21. The summed E-state index contributed by atoms with van der Waals surface area (Å²) >= 11 is 1.09. The van der Waals surface area contributed by atoms with E-state index in [2.05, 4.69) is 10.2 Å². The molecule has 1 aromatic rings. The number of nitrogens with two attached hydrogens (primary N) is 1. The van der Waals surface area contributed by atoms with Gasteiger partial charge in [-0.1, -0.05) is 11.3 Å². The summed E-state index contributed by atoms with van der Waals surface area (Å²) in [7, 11) is 1.70. The smallest absolute Gasteiger partial charge is 0.284 e. The Morgan fingerprint density at radius 3 is 2.75 bits per heavy atom. The van der Waals surface area contributed by atoms with Crippen molar-refractivity contribution in [2.45, 2.75) is 20.0 Å². The number of ether oxygens (including phenoxy) is 1. The average Bonchev–Trinajstić information content (AvgIpc) is 2.63. The fourth-order valence-corrected chi connectivity index (χ4v) is 1.62. The number of rotatable bonds is 5. The van der Waals surface area contributed by atoms with Gasteiger partial charge in [0.25, 0.3) is 5.91 Å². The molecular weight excluding hydrogens is 228 g/mol. The van der Waals surface area contributed by atoms with Gasteiger partial charge in [0.15, 0.2) is 0 Å². The van der Waals surface area contributed by atoms with Crippen molar-refractivity contribution < 1.29 is 9.53 Å². The number of carbonyl (C=O) groups excluding carboxylic acids is 1. The molecule has 0 aliphatic heterocycles. The van der Waals surface area contributed by atoms with Crippen LogP contribution in [-0.2, 0) is 4.74 Å². The molecule has 1 heterocycles. The van der Waals surface area contributed by atoms with Crippen LogP contribution in [0.2, 0.25) is 0 Å². The Labute approximate surface area is 98.4 Å². The maximum atomic E-state index is 11.8. The second-order valence-corrected chi connectivity index (χ2v) is 4.60. The Balaban J connectivity index is 2.42. The van der Waals surface area contributed by atoms with Gasteiger partial charge in [-0.3, -0.25) is 4.79 Å². The molecule has 7 heteroatoms. The van der Waals surface area contributed by atoms with Gasteiger partial charge in [-0.05, 0) is 13.8 Å². The minimum atomic E-state index is -0.179. The van der Waals surface area contributed by atoms with Crippen LogP contribution < -0.4 is 5.73 Å². The lowest BCUT2D eigenvalue weighted by atomic mass is 10.4. The molecule has 6 nitrogen and oxygen atoms in total. The van der Waals surface area contributed by atoms with Crippen LogP contribution in [0.4, 0.5) is 5.13 Å². The molecule has 0 unspecified atom stereocenters. The standard InChI is InChI=1S/C9H16N4O2S/c1-6(2)15-5-4-13(3)8(14)7-11-12-9(10)16-7/h6H,4-5H2,1-3H3,(H2,10,12). The maximum absolute atomic E-state index is 11.8. The molecular formula is C9H16N4O2S. The fraction of sp³-hybridized carbons (Fsp3) is 0.667. The molecule has 0 saturated carbocycles. The van der Waals surface area contributed by atoms with Crippen molar-refractivity contribution in [3.05, 3.63) is 5.01 Å². The molecule has 0 saturated heterocycles. The average molecular weight is 244 g/mol. The van der Waals surface area contributed by atoms with E-state index in [0.717, 1.165) is 11.3 Å². The molecule has 1 amide bonds. The fourth-order valence-electron chi connectivity index (χ4n) is 1.01. The maximum Gasteiger partial charge on any atom is 0.284 e. The Bertz CT molecular complexity index is 353. The molecule has 0 spiro atoms. The van der Waals surface area contributed by atoms with Gasteiger partial charge in [0.2, 0.25) is 10.1 Å². The Kier molecular flexibility index (Phi) is 4.63. The highest BCUT2D eigenvalue weighted by Crippen LogP contribution is 2.12. The summed E-state index contributed by atoms with van der Waals surface area (Å²) in [6.07, 6.45) is 0.167. The van der Waals surface area contributed by atoms with Crippen molar-refractivity contribution in [3.8, 4) is 0 Å². The van der Waals surface area contributed by atoms with Gasteiger partial charge in [-0.25, -0.2) is 0 Å². The molecule has 0 aliphatic rings. The number of likely N-dealkylation sites (N-methyl/N-ethyl adjacent to an activating group) is 1. The predicted molar refractivity (Wildman–Crippen MR) is 62.4 cm³/mol. The monoisotopic (exact) mass is 244 g/mol. The summed E-state index contributed by atoms with van der Waals surface area (Å²) in [5.41, 5.74) is 5.41. The van der Waals surface area contributed by atoms with Crippen molar-refractivity contribution in [3.63, 3.8) is 0 Å². The molecule has 90 valence electrons. The van der Waals surface area contributed by atoms with Gasteiger partial charge >= 0.3 is 0 Å². The van der Waals surface area contributed by atoms with E-state index < -0.39 is 0 Å². The van der Waals surface area contributed by atoms with Gasteiger partial charge in [-0.15, -0.1) is 10.2 Å². The van der Waals surface area contributed by atoms with E-state index in [-0.39, 0.29) is 12.0 Å². The van der Waals surface area contributed by atoms with Crippen molar-refractivity contribution in [2.75, 3.05) is 25.9 Å². The van der Waals surface area contributed by atoms with E-state index >= 15 is 0 Å². The van der Waals surface area contributed by atoms with Crippen LogP contribution in [0.1, 0.15) is 23.6 Å². The summed E-state index contributed by atoms with van der Waals surface area (Å²) in [4.78, 5) is 13.3. The van der Waals surface area contributed by atoms with Crippen LogP contribution in [0.15, 0.2) is 0 Å². The first kappa shape index (κ1) is 12.9. The van der Waals surface area contributed by atoms with Crippen molar-refractivity contribution >= 4 is 22.4 Å². The summed E-state index contributed by atoms with van der Waals surface area (Å²) in [5, 5.41) is 7.90. The number of nitrogen functional groups attached to an aromatic ring is 1. The van der Waals surface area contributed by atoms with E-state index in [9.17, 15) is 4.79 Å². The number of anilines is 1. The Morgan fingerprint density at radius 2 is 2.25 bits per heavy atom. The lowest BCUT2D eigenvalue weighted by Gasteiger charge is -2.16. The number of carbonyl (C=O) groups is 1. The molecule has 0 aliphatic carbocycles. The molecule has 2 N–H and O–H groups in total. The van der Waals surface area contributed by atoms with Crippen molar-refractivity contribution in [1.29, 1.82) is 0 Å². The number of hydrogen-bond acceptors (Lipinski definition) is 6. The highest BCUT2D eigenvalue weighted by Gasteiger charge is 2.16. The van der Waals surface area contributed by atoms with Crippen LogP contribution in [0.3, 0.4) is 0 Å². The Morgan fingerprint density at radius 1 is 1.56 bits per heavy atom. The third kappa shape index (κ3) is 3.74. The molecule has 0 fully saturated rings. The predicted octanol–water partition coefficient (Wildman–Crippen LogP) is 0.617. The lowest BCUT2D eigenvalue weighted by Crippen LogP contribution is -2.30. The zero-order valence-electron chi connectivity index (χ0n) is 9.64. The topological polar surface area (TPSA) is 81.3 Å². The summed E-state index contributed by atoms with van der Waals surface area (Å²) in [6, 6.07) is 0. The van der Waals surface area contributed by atoms with E-state index in [1.54, 1.807) is 11.9 Å². The molecule has 0 aromatic carbocycles. The number of hydrogen-bond donors (Lipinski definition) is 1. The van der Waals surface area contributed by atoms with E-state index in [1.807, 2.05) is 13.8 Å². The number of aromatic nitrogens is 2. The van der Waals surface area contributed by atoms with Crippen LogP contribution in [-0.4, -0.2) is 47.3 Å².